The van der Waals surface area contributed by atoms with Gasteiger partial charge in [-0.15, -0.1) is 0 Å². The summed E-state index contributed by atoms with van der Waals surface area (Å²) < 4.78 is 5.32. The molecule has 98 valence electrons. The summed E-state index contributed by atoms with van der Waals surface area (Å²) >= 11 is 0. The summed E-state index contributed by atoms with van der Waals surface area (Å²) in [5, 5.41) is 0. The van der Waals surface area contributed by atoms with Gasteiger partial charge in [0.1, 0.15) is 5.76 Å². The highest BCUT2D eigenvalue weighted by atomic mass is 16.3. The van der Waals surface area contributed by atoms with Gasteiger partial charge in [0.25, 0.3) is 5.91 Å². The van der Waals surface area contributed by atoms with Crippen LogP contribution in [0.15, 0.2) is 34.7 Å². The minimum absolute atomic E-state index is 0.243. The van der Waals surface area contributed by atoms with E-state index in [-0.39, 0.29) is 5.76 Å². The lowest BCUT2D eigenvalue weighted by Gasteiger charge is -2.16. The summed E-state index contributed by atoms with van der Waals surface area (Å²) in [4.78, 5) is 23.9. The monoisotopic (exact) mass is 258 g/mol. The van der Waals surface area contributed by atoms with Gasteiger partial charge >= 0.3 is 0 Å². The van der Waals surface area contributed by atoms with Crippen LogP contribution in [0.5, 0.6) is 0 Å². The van der Waals surface area contributed by atoms with E-state index in [4.69, 9.17) is 10.2 Å². The Morgan fingerprint density at radius 2 is 2.00 bits per heavy atom. The number of furan rings is 1. The molecule has 5 heteroatoms. The first-order chi connectivity index (χ1) is 9.02. The van der Waals surface area contributed by atoms with Crippen molar-refractivity contribution in [2.75, 3.05) is 19.0 Å². The Morgan fingerprint density at radius 3 is 2.53 bits per heavy atom. The SMILES string of the molecule is CN(C)c1ccc(-c2ccc(C=O)o2)cc1C(N)=O. The number of benzene rings is 1. The Balaban J connectivity index is 2.51. The standard InChI is InChI=1S/C14H14N2O3/c1-16(2)12-5-3-9(7-11(12)14(15)18)13-6-4-10(8-17)19-13/h3-8H,1-2H3,(H2,15,18). The highest BCUT2D eigenvalue weighted by molar-refractivity contribution is 5.99. The van der Waals surface area contributed by atoms with Crippen LogP contribution in [0.2, 0.25) is 0 Å². The molecule has 0 aliphatic carbocycles. The molecule has 0 atom stereocenters. The van der Waals surface area contributed by atoms with Gasteiger partial charge in [-0.3, -0.25) is 9.59 Å². The molecule has 0 fully saturated rings. The highest BCUT2D eigenvalue weighted by Gasteiger charge is 2.13. The van der Waals surface area contributed by atoms with E-state index in [1.807, 2.05) is 25.1 Å². The Morgan fingerprint density at radius 1 is 1.26 bits per heavy atom. The van der Waals surface area contributed by atoms with Crippen LogP contribution < -0.4 is 10.6 Å². The van der Waals surface area contributed by atoms with Crippen LogP contribution >= 0.6 is 0 Å². The third-order valence-corrected chi connectivity index (χ3v) is 2.77. The normalized spacial score (nSPS) is 10.2. The molecule has 1 aromatic carbocycles. The summed E-state index contributed by atoms with van der Waals surface area (Å²) in [6, 6.07) is 8.52. The predicted molar refractivity (Wildman–Crippen MR) is 72.4 cm³/mol. The van der Waals surface area contributed by atoms with E-state index in [0.717, 1.165) is 5.69 Å². The van der Waals surface area contributed by atoms with Crippen molar-refractivity contribution in [3.05, 3.63) is 41.7 Å². The summed E-state index contributed by atoms with van der Waals surface area (Å²) in [5.41, 5.74) is 7.22. The van der Waals surface area contributed by atoms with E-state index in [2.05, 4.69) is 0 Å². The molecule has 1 amide bonds. The molecule has 1 aromatic heterocycles. The number of carbonyl (C=O) groups excluding carboxylic acids is 2. The summed E-state index contributed by atoms with van der Waals surface area (Å²) in [7, 11) is 3.66. The van der Waals surface area contributed by atoms with Crippen molar-refractivity contribution in [3.8, 4) is 11.3 Å². The second-order valence-electron chi connectivity index (χ2n) is 4.31. The van der Waals surface area contributed by atoms with Gasteiger partial charge in [-0.1, -0.05) is 0 Å². The molecule has 0 saturated heterocycles. The van der Waals surface area contributed by atoms with E-state index in [1.54, 1.807) is 24.3 Å². The Labute approximate surface area is 110 Å². The first-order valence-electron chi connectivity index (χ1n) is 5.69. The van der Waals surface area contributed by atoms with Crippen molar-refractivity contribution in [2.24, 2.45) is 5.73 Å². The molecule has 0 radical (unpaired) electrons. The highest BCUT2D eigenvalue weighted by Crippen LogP contribution is 2.27. The van der Waals surface area contributed by atoms with E-state index < -0.39 is 5.91 Å². The Bertz CT molecular complexity index is 629. The van der Waals surface area contributed by atoms with Crippen molar-refractivity contribution in [1.82, 2.24) is 0 Å². The zero-order valence-corrected chi connectivity index (χ0v) is 10.7. The fourth-order valence-electron chi connectivity index (χ4n) is 1.85. The molecule has 19 heavy (non-hydrogen) atoms. The molecule has 1 heterocycles. The van der Waals surface area contributed by atoms with E-state index in [9.17, 15) is 9.59 Å². The molecule has 0 saturated carbocycles. The molecule has 5 nitrogen and oxygen atoms in total. The van der Waals surface area contributed by atoms with Crippen molar-refractivity contribution in [2.45, 2.75) is 0 Å². The molecule has 0 bridgehead atoms. The van der Waals surface area contributed by atoms with Gasteiger partial charge in [-0.25, -0.2) is 0 Å². The maximum atomic E-state index is 11.5. The van der Waals surface area contributed by atoms with Gasteiger partial charge < -0.3 is 15.1 Å². The second kappa shape index (κ2) is 4.97. The van der Waals surface area contributed by atoms with E-state index in [0.29, 0.717) is 23.2 Å². The number of nitrogens with two attached hydrogens (primary N) is 1. The largest absolute Gasteiger partial charge is 0.453 e. The summed E-state index contributed by atoms with van der Waals surface area (Å²) in [6.45, 7) is 0. The Hall–Kier alpha value is -2.56. The number of hydrogen-bond acceptors (Lipinski definition) is 4. The van der Waals surface area contributed by atoms with Crippen LogP contribution in [-0.2, 0) is 0 Å². The smallest absolute Gasteiger partial charge is 0.250 e. The van der Waals surface area contributed by atoms with E-state index in [1.165, 1.54) is 0 Å². The van der Waals surface area contributed by atoms with Gasteiger partial charge in [0.05, 0.1) is 5.56 Å². The van der Waals surface area contributed by atoms with Gasteiger partial charge in [0, 0.05) is 25.3 Å². The molecule has 2 rings (SSSR count). The maximum Gasteiger partial charge on any atom is 0.250 e. The van der Waals surface area contributed by atoms with Crippen LogP contribution in [0.3, 0.4) is 0 Å². The number of carbonyl (C=O) groups is 2. The topological polar surface area (TPSA) is 76.5 Å². The number of amides is 1. The van der Waals surface area contributed by atoms with Crippen LogP contribution in [0, 0.1) is 0 Å². The lowest BCUT2D eigenvalue weighted by Crippen LogP contribution is -2.18. The number of rotatable bonds is 4. The predicted octanol–water partition coefficient (Wildman–Crippen LogP) is 1.92. The van der Waals surface area contributed by atoms with Crippen molar-refractivity contribution < 1.29 is 14.0 Å². The number of hydrogen-bond donors (Lipinski definition) is 1. The van der Waals surface area contributed by atoms with Crippen LogP contribution in [0.25, 0.3) is 11.3 Å². The molecule has 0 aliphatic rings. The number of nitrogens with zero attached hydrogens (tertiary/aromatic N) is 1. The lowest BCUT2D eigenvalue weighted by atomic mass is 10.1. The molecule has 2 aromatic rings. The minimum atomic E-state index is -0.507. The van der Waals surface area contributed by atoms with Crippen LogP contribution in [0.1, 0.15) is 20.9 Å². The minimum Gasteiger partial charge on any atom is -0.453 e. The number of primary amides is 1. The first-order valence-corrected chi connectivity index (χ1v) is 5.69. The average molecular weight is 258 g/mol. The zero-order valence-electron chi connectivity index (χ0n) is 10.7. The quantitative estimate of drug-likeness (QED) is 0.850. The van der Waals surface area contributed by atoms with Crippen molar-refractivity contribution in [1.29, 1.82) is 0 Å². The number of anilines is 1. The molecular formula is C14H14N2O3. The van der Waals surface area contributed by atoms with Gasteiger partial charge in [-0.2, -0.15) is 0 Å². The van der Waals surface area contributed by atoms with Gasteiger partial charge in [0.2, 0.25) is 0 Å². The first kappa shape index (κ1) is 12.9. The Kier molecular flexibility index (Phi) is 3.37. The fourth-order valence-corrected chi connectivity index (χ4v) is 1.85. The fraction of sp³-hybridized carbons (Fsp3) is 0.143. The average Bonchev–Trinajstić information content (AvgIpc) is 2.86. The van der Waals surface area contributed by atoms with Crippen LogP contribution in [-0.4, -0.2) is 26.3 Å². The zero-order chi connectivity index (χ0) is 14.0. The summed E-state index contributed by atoms with van der Waals surface area (Å²) in [6.07, 6.45) is 0.632. The van der Waals surface area contributed by atoms with Crippen molar-refractivity contribution >= 4 is 17.9 Å². The third kappa shape index (κ3) is 2.49. The molecule has 0 spiro atoms. The molecular weight excluding hydrogens is 244 g/mol. The van der Waals surface area contributed by atoms with Gasteiger partial charge in [0.15, 0.2) is 12.0 Å². The molecule has 0 unspecified atom stereocenters. The molecule has 2 N–H and O–H groups in total. The molecule has 0 aliphatic heterocycles. The van der Waals surface area contributed by atoms with Gasteiger partial charge in [-0.05, 0) is 30.3 Å². The maximum absolute atomic E-state index is 11.5. The third-order valence-electron chi connectivity index (χ3n) is 2.77. The second-order valence-corrected chi connectivity index (χ2v) is 4.31. The summed E-state index contributed by atoms with van der Waals surface area (Å²) in [5.74, 6) is 0.259. The lowest BCUT2D eigenvalue weighted by molar-refractivity contribution is 0.1000. The van der Waals surface area contributed by atoms with Crippen LogP contribution in [0.4, 0.5) is 5.69 Å². The van der Waals surface area contributed by atoms with E-state index >= 15 is 0 Å². The number of aldehydes is 1. The van der Waals surface area contributed by atoms with Crippen molar-refractivity contribution in [3.63, 3.8) is 0 Å².